The van der Waals surface area contributed by atoms with Gasteiger partial charge in [-0.15, -0.1) is 0 Å². The van der Waals surface area contributed by atoms with Gasteiger partial charge >= 0.3 is 12.1 Å². The fourth-order valence-electron chi connectivity index (χ4n) is 5.44. The zero-order valence-electron chi connectivity index (χ0n) is 23.7. The number of hydrogen-bond acceptors (Lipinski definition) is 6. The van der Waals surface area contributed by atoms with Crippen molar-refractivity contribution < 1.29 is 42.8 Å². The van der Waals surface area contributed by atoms with Gasteiger partial charge in [0.05, 0.1) is 6.04 Å². The zero-order chi connectivity index (χ0) is 31.1. The molecule has 1 saturated heterocycles. The lowest BCUT2D eigenvalue weighted by atomic mass is 9.88. The summed E-state index contributed by atoms with van der Waals surface area (Å²) in [6, 6.07) is 20.3. The molecule has 3 aromatic carbocycles. The number of ether oxygens (including phenoxy) is 1. The molecule has 3 aromatic rings. The monoisotopic (exact) mass is 600 g/mol. The number of piperidine rings is 1. The zero-order valence-corrected chi connectivity index (χ0v) is 23.7. The Kier molecular flexibility index (Phi) is 10.2. The maximum atomic E-state index is 13.5. The second-order valence-electron chi connectivity index (χ2n) is 10.7. The number of nitrogens with one attached hydrogen (secondary N) is 1. The van der Waals surface area contributed by atoms with Crippen LogP contribution < -0.4 is 10.1 Å². The van der Waals surface area contributed by atoms with Crippen LogP contribution in [0, 0.1) is 0 Å². The molecule has 0 bridgehead atoms. The predicted molar refractivity (Wildman–Crippen MR) is 153 cm³/mol. The number of halogens is 3. The van der Waals surface area contributed by atoms with E-state index in [0.29, 0.717) is 31.0 Å². The van der Waals surface area contributed by atoms with Crippen molar-refractivity contribution in [2.75, 3.05) is 13.1 Å². The molecular weight excluding hydrogens is 565 g/mol. The van der Waals surface area contributed by atoms with Crippen LogP contribution in [0.2, 0.25) is 0 Å². The first-order valence-corrected chi connectivity index (χ1v) is 14.1. The SMILES string of the molecule is CC(Oc1ccc(CC2c3ccc(O)cc3CCN2C(=O)c2ccc(O)cc2)cc1)C1CCCCN1.O=C(O)C(F)(F)F. The number of carboxylic acids is 1. The van der Waals surface area contributed by atoms with E-state index in [2.05, 4.69) is 24.4 Å². The number of alkyl halides is 3. The normalized spacial score (nSPS) is 18.9. The smallest absolute Gasteiger partial charge is 0.490 e. The number of phenolic OH excluding ortho intramolecular Hbond substituents is 2. The summed E-state index contributed by atoms with van der Waals surface area (Å²) < 4.78 is 38.0. The van der Waals surface area contributed by atoms with Crippen LogP contribution in [0.25, 0.3) is 0 Å². The van der Waals surface area contributed by atoms with E-state index in [1.807, 2.05) is 29.2 Å². The van der Waals surface area contributed by atoms with Crippen molar-refractivity contribution in [1.82, 2.24) is 10.2 Å². The predicted octanol–water partition coefficient (Wildman–Crippen LogP) is 5.62. The van der Waals surface area contributed by atoms with E-state index >= 15 is 0 Å². The molecule has 1 amide bonds. The van der Waals surface area contributed by atoms with Crippen molar-refractivity contribution in [1.29, 1.82) is 0 Å². The number of rotatable bonds is 6. The van der Waals surface area contributed by atoms with Gasteiger partial charge in [0, 0.05) is 18.2 Å². The standard InChI is InChI=1S/C30H34N2O4.C2HF3O2/c1-20(28-4-2-3-16-31-28)36-26-12-5-21(6-13-26)18-29-27-14-11-25(34)19-23(27)15-17-32(29)30(35)22-7-9-24(33)10-8-22;3-2(4,5)1(6)7/h5-14,19-20,28-29,31,33-34H,2-4,15-18H2,1H3;(H,6,7). The van der Waals surface area contributed by atoms with Crippen molar-refractivity contribution in [2.24, 2.45) is 0 Å². The first-order chi connectivity index (χ1) is 20.4. The second-order valence-corrected chi connectivity index (χ2v) is 10.7. The van der Waals surface area contributed by atoms with E-state index in [-0.39, 0.29) is 29.6 Å². The number of amides is 1. The number of benzene rings is 3. The van der Waals surface area contributed by atoms with Crippen LogP contribution in [0.3, 0.4) is 0 Å². The van der Waals surface area contributed by atoms with Crippen molar-refractivity contribution in [3.05, 3.63) is 89.0 Å². The summed E-state index contributed by atoms with van der Waals surface area (Å²) in [5, 5.41) is 30.3. The molecule has 2 aliphatic rings. The van der Waals surface area contributed by atoms with E-state index in [4.69, 9.17) is 14.6 Å². The lowest BCUT2D eigenvalue weighted by molar-refractivity contribution is -0.192. The average molecular weight is 601 g/mol. The van der Waals surface area contributed by atoms with Gasteiger partial charge in [0.1, 0.15) is 23.4 Å². The molecule has 3 atom stereocenters. The quantitative estimate of drug-likeness (QED) is 0.290. The minimum absolute atomic E-state index is 0.0625. The molecular formula is C32H35F3N2O6. The third kappa shape index (κ3) is 8.41. The van der Waals surface area contributed by atoms with Crippen LogP contribution in [0.15, 0.2) is 66.7 Å². The summed E-state index contributed by atoms with van der Waals surface area (Å²) in [4.78, 5) is 24.3. The molecule has 11 heteroatoms. The van der Waals surface area contributed by atoms with Crippen LogP contribution in [-0.4, -0.2) is 63.5 Å². The molecule has 0 radical (unpaired) electrons. The number of carboxylic acid groups (broad SMARTS) is 1. The van der Waals surface area contributed by atoms with Crippen molar-refractivity contribution in [3.8, 4) is 17.2 Å². The summed E-state index contributed by atoms with van der Waals surface area (Å²) in [5.74, 6) is -1.59. The maximum absolute atomic E-state index is 13.5. The summed E-state index contributed by atoms with van der Waals surface area (Å²) in [6.45, 7) is 3.74. The van der Waals surface area contributed by atoms with Gasteiger partial charge in [0.25, 0.3) is 5.91 Å². The van der Waals surface area contributed by atoms with Crippen molar-refractivity contribution >= 4 is 11.9 Å². The molecule has 3 unspecified atom stereocenters. The van der Waals surface area contributed by atoms with Crippen molar-refractivity contribution in [2.45, 2.75) is 63.4 Å². The van der Waals surface area contributed by atoms with E-state index in [9.17, 15) is 28.2 Å². The molecule has 0 spiro atoms. The van der Waals surface area contributed by atoms with Crippen LogP contribution in [0.4, 0.5) is 13.2 Å². The Balaban J connectivity index is 0.000000541. The molecule has 1 fully saturated rings. The molecule has 43 heavy (non-hydrogen) atoms. The van der Waals surface area contributed by atoms with E-state index in [0.717, 1.165) is 35.4 Å². The number of hydrogen-bond donors (Lipinski definition) is 4. The molecule has 5 rings (SSSR count). The lowest BCUT2D eigenvalue weighted by Crippen LogP contribution is -2.44. The highest BCUT2D eigenvalue weighted by Crippen LogP contribution is 2.36. The van der Waals surface area contributed by atoms with Crippen molar-refractivity contribution in [3.63, 3.8) is 0 Å². The second kappa shape index (κ2) is 13.8. The Hall–Kier alpha value is -4.25. The average Bonchev–Trinajstić information content (AvgIpc) is 2.98. The molecule has 230 valence electrons. The van der Waals surface area contributed by atoms with Gasteiger partial charge in [-0.25, -0.2) is 4.79 Å². The van der Waals surface area contributed by atoms with Gasteiger partial charge in [0.2, 0.25) is 0 Å². The number of aromatic hydroxyl groups is 2. The minimum atomic E-state index is -5.08. The summed E-state index contributed by atoms with van der Waals surface area (Å²) in [6.07, 6.45) is -0.0301. The fourth-order valence-corrected chi connectivity index (χ4v) is 5.44. The van der Waals surface area contributed by atoms with Gasteiger partial charge < -0.3 is 30.3 Å². The number of aliphatic carboxylic acids is 1. The number of nitrogens with zero attached hydrogens (tertiary/aromatic N) is 1. The molecule has 8 nitrogen and oxygen atoms in total. The summed E-state index contributed by atoms with van der Waals surface area (Å²) in [5.41, 5.74) is 3.79. The van der Waals surface area contributed by atoms with Crippen LogP contribution in [0.1, 0.15) is 59.3 Å². The van der Waals surface area contributed by atoms with Gasteiger partial charge in [0.15, 0.2) is 0 Å². The Labute approximate surface area is 247 Å². The van der Waals surface area contributed by atoms with E-state index in [1.165, 1.54) is 12.8 Å². The highest BCUT2D eigenvalue weighted by molar-refractivity contribution is 5.94. The van der Waals surface area contributed by atoms with E-state index < -0.39 is 12.1 Å². The van der Waals surface area contributed by atoms with Crippen LogP contribution >= 0.6 is 0 Å². The Morgan fingerprint density at radius 2 is 1.65 bits per heavy atom. The van der Waals surface area contributed by atoms with Crippen LogP contribution in [0.5, 0.6) is 17.2 Å². The highest BCUT2D eigenvalue weighted by atomic mass is 19.4. The molecule has 2 aliphatic heterocycles. The molecule has 0 aliphatic carbocycles. The summed E-state index contributed by atoms with van der Waals surface area (Å²) >= 11 is 0. The number of carbonyl (C=O) groups excluding carboxylic acids is 1. The Morgan fingerprint density at radius 3 is 2.26 bits per heavy atom. The van der Waals surface area contributed by atoms with Crippen LogP contribution in [-0.2, 0) is 17.6 Å². The largest absolute Gasteiger partial charge is 0.508 e. The molecule has 0 aromatic heterocycles. The number of phenols is 2. The number of carbonyl (C=O) groups is 2. The maximum Gasteiger partial charge on any atom is 0.490 e. The molecule has 2 heterocycles. The van der Waals surface area contributed by atoms with Gasteiger partial charge in [-0.2, -0.15) is 13.2 Å². The third-order valence-electron chi connectivity index (χ3n) is 7.69. The highest BCUT2D eigenvalue weighted by Gasteiger charge is 2.38. The molecule has 0 saturated carbocycles. The Bertz CT molecular complexity index is 1390. The molecule has 4 N–H and O–H groups in total. The first kappa shape index (κ1) is 31.7. The van der Waals surface area contributed by atoms with Gasteiger partial charge in [-0.3, -0.25) is 4.79 Å². The Morgan fingerprint density at radius 1 is 1.00 bits per heavy atom. The topological polar surface area (TPSA) is 119 Å². The fraction of sp³-hybridized carbons (Fsp3) is 0.375. The first-order valence-electron chi connectivity index (χ1n) is 14.1. The number of fused-ring (bicyclic) bond motifs is 1. The van der Waals surface area contributed by atoms with Gasteiger partial charge in [-0.1, -0.05) is 24.6 Å². The van der Waals surface area contributed by atoms with Gasteiger partial charge in [-0.05, 0) is 104 Å². The van der Waals surface area contributed by atoms with E-state index in [1.54, 1.807) is 30.3 Å². The third-order valence-corrected chi connectivity index (χ3v) is 7.69. The summed E-state index contributed by atoms with van der Waals surface area (Å²) in [7, 11) is 0. The lowest BCUT2D eigenvalue weighted by Gasteiger charge is -2.38. The minimum Gasteiger partial charge on any atom is -0.508 e.